The molecule has 0 bridgehead atoms. The van der Waals surface area contributed by atoms with Gasteiger partial charge in [-0.25, -0.2) is 14.8 Å². The first-order valence-electron chi connectivity index (χ1n) is 12.4. The van der Waals surface area contributed by atoms with Crippen LogP contribution in [0.2, 0.25) is 0 Å². The van der Waals surface area contributed by atoms with E-state index in [4.69, 9.17) is 14.2 Å². The maximum atomic E-state index is 12.6. The van der Waals surface area contributed by atoms with Crippen molar-refractivity contribution in [2.24, 2.45) is 22.7 Å². The number of ether oxygens (including phenoxy) is 3. The van der Waals surface area contributed by atoms with Gasteiger partial charge in [-0.05, 0) is 75.3 Å². The van der Waals surface area contributed by atoms with Crippen LogP contribution in [0.5, 0.6) is 0 Å². The summed E-state index contributed by atoms with van der Waals surface area (Å²) in [5.74, 6) is 0.00831. The van der Waals surface area contributed by atoms with Crippen molar-refractivity contribution < 1.29 is 19.0 Å². The van der Waals surface area contributed by atoms with Crippen molar-refractivity contribution in [3.8, 4) is 0 Å². The normalized spacial score (nSPS) is 37.9. The average Bonchev–Trinajstić information content (AvgIpc) is 3.22. The predicted molar refractivity (Wildman–Crippen MR) is 131 cm³/mol. The predicted octanol–water partition coefficient (Wildman–Crippen LogP) is 5.35. The van der Waals surface area contributed by atoms with Crippen molar-refractivity contribution in [3.05, 3.63) is 42.3 Å². The second-order valence-electron chi connectivity index (χ2n) is 11.3. The van der Waals surface area contributed by atoms with Gasteiger partial charge in [0.1, 0.15) is 6.61 Å². The maximum Gasteiger partial charge on any atom is 0.335 e. The van der Waals surface area contributed by atoms with Crippen LogP contribution in [0.1, 0.15) is 59.8 Å². The number of thioether (sulfide) groups is 1. The molecular weight excluding hydrogens is 448 g/mol. The van der Waals surface area contributed by atoms with Gasteiger partial charge in [0.05, 0.1) is 18.3 Å². The van der Waals surface area contributed by atoms with Gasteiger partial charge in [-0.1, -0.05) is 37.8 Å². The minimum Gasteiger partial charge on any atom is -0.458 e. The van der Waals surface area contributed by atoms with E-state index in [1.54, 1.807) is 24.2 Å². The van der Waals surface area contributed by atoms with Crippen molar-refractivity contribution in [2.75, 3.05) is 13.2 Å². The lowest BCUT2D eigenvalue weighted by atomic mass is 9.46. The molecule has 184 valence electrons. The van der Waals surface area contributed by atoms with E-state index in [2.05, 4.69) is 30.4 Å². The van der Waals surface area contributed by atoms with E-state index < -0.39 is 5.79 Å². The molecule has 1 aromatic rings. The Morgan fingerprint density at radius 2 is 1.94 bits per heavy atom. The lowest BCUT2D eigenvalue weighted by molar-refractivity contribution is -0.344. The Balaban J connectivity index is 1.45. The van der Waals surface area contributed by atoms with E-state index in [9.17, 15) is 4.79 Å². The molecule has 1 saturated heterocycles. The molecule has 7 heteroatoms. The largest absolute Gasteiger partial charge is 0.458 e. The number of nitrogens with zero attached hydrogens (tertiary/aromatic N) is 2. The van der Waals surface area contributed by atoms with Crippen LogP contribution in [-0.4, -0.2) is 46.3 Å². The summed E-state index contributed by atoms with van der Waals surface area (Å²) in [5.41, 5.74) is 2.07. The van der Waals surface area contributed by atoms with Crippen LogP contribution in [-0.2, 0) is 19.0 Å². The molecule has 0 aromatic carbocycles. The third kappa shape index (κ3) is 4.14. The first kappa shape index (κ1) is 24.0. The van der Waals surface area contributed by atoms with Crippen LogP contribution in [0.25, 0.3) is 0 Å². The summed E-state index contributed by atoms with van der Waals surface area (Å²) in [4.78, 5) is 21.4. The van der Waals surface area contributed by atoms with Crippen molar-refractivity contribution in [1.29, 1.82) is 0 Å². The molecule has 1 unspecified atom stereocenters. The van der Waals surface area contributed by atoms with E-state index in [1.165, 1.54) is 5.57 Å². The van der Waals surface area contributed by atoms with Crippen molar-refractivity contribution in [3.63, 3.8) is 0 Å². The molecule has 2 aliphatic carbocycles. The Labute approximate surface area is 206 Å². The molecule has 34 heavy (non-hydrogen) atoms. The molecule has 1 aromatic heterocycles. The van der Waals surface area contributed by atoms with Crippen LogP contribution in [0.15, 0.2) is 47.4 Å². The minimum atomic E-state index is -0.525. The van der Waals surface area contributed by atoms with Gasteiger partial charge < -0.3 is 14.2 Å². The fraction of sp³-hybridized carbons (Fsp3) is 0.667. The number of cyclic esters (lactones) is 1. The van der Waals surface area contributed by atoms with Crippen LogP contribution in [0.3, 0.4) is 0 Å². The van der Waals surface area contributed by atoms with Crippen LogP contribution < -0.4 is 0 Å². The van der Waals surface area contributed by atoms with Gasteiger partial charge in [-0.3, -0.25) is 0 Å². The summed E-state index contributed by atoms with van der Waals surface area (Å²) in [5, 5.41) is 0.612. The molecule has 6 atom stereocenters. The zero-order valence-electron chi connectivity index (χ0n) is 20.7. The second kappa shape index (κ2) is 8.75. The smallest absolute Gasteiger partial charge is 0.335 e. The fourth-order valence-corrected chi connectivity index (χ4v) is 8.17. The quantitative estimate of drug-likeness (QED) is 0.241. The topological polar surface area (TPSA) is 70.5 Å². The van der Waals surface area contributed by atoms with E-state index >= 15 is 0 Å². The summed E-state index contributed by atoms with van der Waals surface area (Å²) in [6.45, 7) is 14.5. The van der Waals surface area contributed by atoms with E-state index in [0.29, 0.717) is 17.7 Å². The Morgan fingerprint density at radius 3 is 2.65 bits per heavy atom. The molecule has 2 aliphatic heterocycles. The maximum absolute atomic E-state index is 12.6. The van der Waals surface area contributed by atoms with Gasteiger partial charge in [0, 0.05) is 23.1 Å². The zero-order chi connectivity index (χ0) is 24.1. The molecule has 3 fully saturated rings. The number of rotatable bonds is 5. The van der Waals surface area contributed by atoms with Gasteiger partial charge in [0.25, 0.3) is 0 Å². The fourth-order valence-electron chi connectivity index (χ4n) is 7.06. The SMILES string of the molecule is C=C1CC[C@@H]2[C@]3(C)COC(C)(C)O[C@@H]3CC[C@@]2(C)[C@@H]1CC(Sc1ncccn1)C1=CCOC1=O. The Morgan fingerprint density at radius 1 is 1.18 bits per heavy atom. The van der Waals surface area contributed by atoms with E-state index in [1.807, 2.05) is 26.0 Å². The third-order valence-electron chi connectivity index (χ3n) is 8.81. The highest BCUT2D eigenvalue weighted by atomic mass is 32.2. The average molecular weight is 485 g/mol. The highest BCUT2D eigenvalue weighted by Crippen LogP contribution is 2.64. The second-order valence-corrected chi connectivity index (χ2v) is 12.4. The molecule has 0 amide bonds. The number of hydrogen-bond acceptors (Lipinski definition) is 7. The number of carbonyl (C=O) groups is 1. The molecule has 6 nitrogen and oxygen atoms in total. The number of hydrogen-bond donors (Lipinski definition) is 0. The standard InChI is InChI=1S/C27H36N2O4S/c1-17-7-8-21-26(4,11-9-22-27(21,5)16-32-25(2,3)33-22)19(17)15-20(18-10-14-31-23(18)30)34-24-28-12-6-13-29-24/h6,10,12-13,19-22H,1,7-9,11,14-16H2,2-5H3/t19-,20?,21+,22-,26+,27+/m1/s1. The van der Waals surface area contributed by atoms with Crippen molar-refractivity contribution in [2.45, 2.75) is 82.1 Å². The van der Waals surface area contributed by atoms with Gasteiger partial charge in [-0.15, -0.1) is 0 Å². The molecule has 3 heterocycles. The summed E-state index contributed by atoms with van der Waals surface area (Å²) in [6.07, 6.45) is 10.7. The minimum absolute atomic E-state index is 0.0296. The van der Waals surface area contributed by atoms with E-state index in [0.717, 1.165) is 44.3 Å². The van der Waals surface area contributed by atoms with Crippen LogP contribution in [0, 0.1) is 22.7 Å². The third-order valence-corrected chi connectivity index (χ3v) is 9.96. The lowest BCUT2D eigenvalue weighted by Crippen LogP contribution is -2.63. The van der Waals surface area contributed by atoms with Crippen molar-refractivity contribution >= 4 is 17.7 Å². The van der Waals surface area contributed by atoms with E-state index in [-0.39, 0.29) is 34.1 Å². The first-order chi connectivity index (χ1) is 16.1. The highest BCUT2D eigenvalue weighted by molar-refractivity contribution is 8.00. The van der Waals surface area contributed by atoms with Gasteiger partial charge in [0.15, 0.2) is 10.9 Å². The summed E-state index contributed by atoms with van der Waals surface area (Å²) in [6, 6.07) is 1.81. The van der Waals surface area contributed by atoms with Crippen LogP contribution >= 0.6 is 11.8 Å². The molecule has 5 rings (SSSR count). The number of carbonyl (C=O) groups excluding carboxylic acids is 1. The lowest BCUT2D eigenvalue weighted by Gasteiger charge is -2.63. The molecule has 0 N–H and O–H groups in total. The van der Waals surface area contributed by atoms with Crippen molar-refractivity contribution in [1.82, 2.24) is 9.97 Å². The number of allylic oxidation sites excluding steroid dienone is 1. The summed E-state index contributed by atoms with van der Waals surface area (Å²) < 4.78 is 18.0. The van der Waals surface area contributed by atoms with Gasteiger partial charge >= 0.3 is 5.97 Å². The van der Waals surface area contributed by atoms with Gasteiger partial charge in [-0.2, -0.15) is 0 Å². The molecule has 0 spiro atoms. The van der Waals surface area contributed by atoms with Crippen LogP contribution in [0.4, 0.5) is 0 Å². The Kier molecular flexibility index (Phi) is 6.18. The zero-order valence-corrected chi connectivity index (χ0v) is 21.5. The highest BCUT2D eigenvalue weighted by Gasteiger charge is 2.61. The summed E-state index contributed by atoms with van der Waals surface area (Å²) >= 11 is 1.56. The molecule has 2 saturated carbocycles. The number of fused-ring (bicyclic) bond motifs is 3. The number of aromatic nitrogens is 2. The van der Waals surface area contributed by atoms with Gasteiger partial charge in [0.2, 0.25) is 0 Å². The first-order valence-corrected chi connectivity index (χ1v) is 13.3. The Bertz CT molecular complexity index is 996. The monoisotopic (exact) mass is 484 g/mol. The molecule has 0 radical (unpaired) electrons. The molecule has 4 aliphatic rings. The summed E-state index contributed by atoms with van der Waals surface area (Å²) in [7, 11) is 0. The number of esters is 1. The Hall–Kier alpha value is -1.70. The molecular formula is C27H36N2O4S.